The van der Waals surface area contributed by atoms with Crippen molar-refractivity contribution in [3.63, 3.8) is 0 Å². The zero-order valence-corrected chi connectivity index (χ0v) is 14.3. The average molecular weight is 319 g/mol. The minimum Gasteiger partial charge on any atom is -0.321 e. The quantitative estimate of drug-likeness (QED) is 0.593. The van der Waals surface area contributed by atoms with Gasteiger partial charge in [0.1, 0.15) is 5.82 Å². The summed E-state index contributed by atoms with van der Waals surface area (Å²) < 4.78 is 2.25. The van der Waals surface area contributed by atoms with Gasteiger partial charge in [-0.15, -0.1) is 22.9 Å². The molecule has 0 bridgehead atoms. The van der Waals surface area contributed by atoms with E-state index in [4.69, 9.17) is 16.6 Å². The predicted molar refractivity (Wildman–Crippen MR) is 91.6 cm³/mol. The van der Waals surface area contributed by atoms with Crippen molar-refractivity contribution in [3.05, 3.63) is 51.0 Å². The number of thiophene rings is 1. The fourth-order valence-electron chi connectivity index (χ4n) is 2.60. The molecule has 0 aliphatic rings. The third-order valence-electron chi connectivity index (χ3n) is 3.82. The second-order valence-corrected chi connectivity index (χ2v) is 7.61. The van der Waals surface area contributed by atoms with Crippen LogP contribution >= 0.6 is 22.9 Å². The van der Waals surface area contributed by atoms with Crippen LogP contribution in [0.2, 0.25) is 0 Å². The molecule has 0 fully saturated rings. The van der Waals surface area contributed by atoms with Gasteiger partial charge in [0, 0.05) is 9.75 Å². The van der Waals surface area contributed by atoms with E-state index in [2.05, 4.69) is 49.6 Å². The standard InChI is InChI=1S/C17H19ClN2S/c1-10-5-6-15-16(7-10)20(17(19-15)12(3)18)9-14-8-11(2)13(4)21-14/h5-8,12H,9H2,1-4H3. The fraction of sp³-hybridized carbons (Fsp3) is 0.353. The number of aryl methyl sites for hydroxylation is 3. The highest BCUT2D eigenvalue weighted by molar-refractivity contribution is 7.12. The van der Waals surface area contributed by atoms with E-state index < -0.39 is 0 Å². The first kappa shape index (κ1) is 14.6. The summed E-state index contributed by atoms with van der Waals surface area (Å²) in [5.74, 6) is 0.945. The normalized spacial score (nSPS) is 13.0. The molecule has 2 nitrogen and oxygen atoms in total. The molecule has 21 heavy (non-hydrogen) atoms. The van der Waals surface area contributed by atoms with Crippen molar-refractivity contribution in [3.8, 4) is 0 Å². The second kappa shape index (κ2) is 5.47. The van der Waals surface area contributed by atoms with Gasteiger partial charge in [-0.25, -0.2) is 4.98 Å². The molecule has 2 heterocycles. The molecule has 0 aliphatic heterocycles. The lowest BCUT2D eigenvalue weighted by Gasteiger charge is -2.09. The molecule has 110 valence electrons. The summed E-state index contributed by atoms with van der Waals surface area (Å²) in [6.45, 7) is 9.27. The van der Waals surface area contributed by atoms with Crippen LogP contribution in [-0.4, -0.2) is 9.55 Å². The zero-order valence-electron chi connectivity index (χ0n) is 12.8. The maximum Gasteiger partial charge on any atom is 0.128 e. The molecule has 0 saturated heterocycles. The first-order chi connectivity index (χ1) is 9.95. The maximum absolute atomic E-state index is 6.34. The Kier molecular flexibility index (Phi) is 3.80. The highest BCUT2D eigenvalue weighted by Crippen LogP contribution is 2.28. The van der Waals surface area contributed by atoms with Gasteiger partial charge < -0.3 is 4.57 Å². The number of benzene rings is 1. The Morgan fingerprint density at radius 1 is 1.24 bits per heavy atom. The Morgan fingerprint density at radius 3 is 2.62 bits per heavy atom. The zero-order chi connectivity index (χ0) is 15.1. The Balaban J connectivity index is 2.14. The molecule has 0 N–H and O–H groups in total. The number of imidazole rings is 1. The van der Waals surface area contributed by atoms with Crippen molar-refractivity contribution in [1.29, 1.82) is 0 Å². The third-order valence-corrected chi connectivity index (χ3v) is 5.15. The van der Waals surface area contributed by atoms with Crippen LogP contribution in [0.4, 0.5) is 0 Å². The highest BCUT2D eigenvalue weighted by atomic mass is 35.5. The van der Waals surface area contributed by atoms with Crippen LogP contribution in [0.25, 0.3) is 11.0 Å². The van der Waals surface area contributed by atoms with Crippen molar-refractivity contribution in [1.82, 2.24) is 9.55 Å². The molecule has 0 spiro atoms. The smallest absolute Gasteiger partial charge is 0.128 e. The minimum atomic E-state index is -0.0973. The van der Waals surface area contributed by atoms with Crippen molar-refractivity contribution in [2.45, 2.75) is 39.6 Å². The Labute approximate surface area is 134 Å². The lowest BCUT2D eigenvalue weighted by molar-refractivity contribution is 0.750. The van der Waals surface area contributed by atoms with Gasteiger partial charge in [0.05, 0.1) is 23.0 Å². The van der Waals surface area contributed by atoms with Gasteiger partial charge >= 0.3 is 0 Å². The summed E-state index contributed by atoms with van der Waals surface area (Å²) >= 11 is 8.20. The van der Waals surface area contributed by atoms with E-state index in [1.165, 1.54) is 26.4 Å². The number of hydrogen-bond donors (Lipinski definition) is 0. The summed E-state index contributed by atoms with van der Waals surface area (Å²) in [5, 5.41) is -0.0973. The number of halogens is 1. The number of aromatic nitrogens is 2. The summed E-state index contributed by atoms with van der Waals surface area (Å²) in [6.07, 6.45) is 0. The fourth-order valence-corrected chi connectivity index (χ4v) is 3.81. The van der Waals surface area contributed by atoms with E-state index in [0.29, 0.717) is 0 Å². The van der Waals surface area contributed by atoms with Crippen LogP contribution in [0.3, 0.4) is 0 Å². The molecule has 1 aromatic carbocycles. The van der Waals surface area contributed by atoms with Crippen LogP contribution in [0.1, 0.15) is 39.0 Å². The molecule has 2 aromatic heterocycles. The molecule has 1 unspecified atom stereocenters. The third kappa shape index (κ3) is 2.72. The monoisotopic (exact) mass is 318 g/mol. The van der Waals surface area contributed by atoms with Crippen molar-refractivity contribution in [2.75, 3.05) is 0 Å². The predicted octanol–water partition coefficient (Wildman–Crippen LogP) is 5.37. The van der Waals surface area contributed by atoms with E-state index in [9.17, 15) is 0 Å². The van der Waals surface area contributed by atoms with E-state index in [1.54, 1.807) is 0 Å². The van der Waals surface area contributed by atoms with Gasteiger partial charge in [0.15, 0.2) is 0 Å². The Morgan fingerprint density at radius 2 is 2.00 bits per heavy atom. The lowest BCUT2D eigenvalue weighted by atomic mass is 10.2. The van der Waals surface area contributed by atoms with Gasteiger partial charge in [0.25, 0.3) is 0 Å². The van der Waals surface area contributed by atoms with Crippen LogP contribution in [0, 0.1) is 20.8 Å². The molecule has 0 amide bonds. The Bertz CT molecular complexity index is 779. The molecule has 0 aliphatic carbocycles. The number of nitrogens with zero attached hydrogens (tertiary/aromatic N) is 2. The molecule has 1 atom stereocenters. The number of alkyl halides is 1. The SMILES string of the molecule is Cc1ccc2nc(C(C)Cl)n(Cc3cc(C)c(C)s3)c2c1. The summed E-state index contributed by atoms with van der Waals surface area (Å²) in [4.78, 5) is 7.45. The highest BCUT2D eigenvalue weighted by Gasteiger charge is 2.16. The van der Waals surface area contributed by atoms with Crippen LogP contribution in [0.15, 0.2) is 24.3 Å². The molecule has 0 radical (unpaired) electrons. The molecule has 3 aromatic rings. The summed E-state index contributed by atoms with van der Waals surface area (Å²) in [5.41, 5.74) is 4.79. The first-order valence-electron chi connectivity index (χ1n) is 7.12. The maximum atomic E-state index is 6.34. The lowest BCUT2D eigenvalue weighted by Crippen LogP contribution is -2.04. The van der Waals surface area contributed by atoms with E-state index in [0.717, 1.165) is 17.9 Å². The van der Waals surface area contributed by atoms with Gasteiger partial charge in [0.2, 0.25) is 0 Å². The molecular formula is C17H19ClN2S. The average Bonchev–Trinajstić information content (AvgIpc) is 2.92. The van der Waals surface area contributed by atoms with E-state index in [1.807, 2.05) is 18.3 Å². The van der Waals surface area contributed by atoms with Crippen molar-refractivity contribution < 1.29 is 0 Å². The second-order valence-electron chi connectivity index (χ2n) is 5.62. The topological polar surface area (TPSA) is 17.8 Å². The van der Waals surface area contributed by atoms with Crippen molar-refractivity contribution >= 4 is 34.0 Å². The van der Waals surface area contributed by atoms with Gasteiger partial charge in [-0.1, -0.05) is 6.07 Å². The summed E-state index contributed by atoms with van der Waals surface area (Å²) in [6, 6.07) is 8.64. The summed E-state index contributed by atoms with van der Waals surface area (Å²) in [7, 11) is 0. The van der Waals surface area contributed by atoms with Crippen molar-refractivity contribution in [2.24, 2.45) is 0 Å². The number of fused-ring (bicyclic) bond motifs is 1. The van der Waals surface area contributed by atoms with E-state index in [-0.39, 0.29) is 5.38 Å². The van der Waals surface area contributed by atoms with Gasteiger partial charge in [-0.2, -0.15) is 0 Å². The number of rotatable bonds is 3. The molecule has 0 saturated carbocycles. The van der Waals surface area contributed by atoms with Crippen LogP contribution in [-0.2, 0) is 6.54 Å². The van der Waals surface area contributed by atoms with Gasteiger partial charge in [-0.05, 0) is 57.0 Å². The number of hydrogen-bond acceptors (Lipinski definition) is 2. The first-order valence-corrected chi connectivity index (χ1v) is 8.38. The largest absolute Gasteiger partial charge is 0.321 e. The van der Waals surface area contributed by atoms with Gasteiger partial charge in [-0.3, -0.25) is 0 Å². The molecule has 4 heteroatoms. The van der Waals surface area contributed by atoms with E-state index >= 15 is 0 Å². The minimum absolute atomic E-state index is 0.0973. The molecule has 3 rings (SSSR count). The van der Waals surface area contributed by atoms with Crippen LogP contribution < -0.4 is 0 Å². The van der Waals surface area contributed by atoms with Crippen LogP contribution in [0.5, 0.6) is 0 Å². The Hall–Kier alpha value is -1.32. The molecular weight excluding hydrogens is 300 g/mol.